The topological polar surface area (TPSA) is 120 Å². The van der Waals surface area contributed by atoms with Gasteiger partial charge in [0, 0.05) is 30.4 Å². The van der Waals surface area contributed by atoms with Gasteiger partial charge >= 0.3 is 6.03 Å². The first-order chi connectivity index (χ1) is 18.7. The van der Waals surface area contributed by atoms with Crippen molar-refractivity contribution < 1.29 is 27.4 Å². The summed E-state index contributed by atoms with van der Waals surface area (Å²) < 4.78 is 54.4. The number of anilines is 2. The third-order valence-corrected chi connectivity index (χ3v) is 9.67. The Labute approximate surface area is 227 Å². The van der Waals surface area contributed by atoms with Gasteiger partial charge in [0.15, 0.2) is 5.82 Å². The average Bonchev–Trinajstić information content (AvgIpc) is 3.76. The van der Waals surface area contributed by atoms with Gasteiger partial charge in [-0.3, -0.25) is 9.11 Å². The van der Waals surface area contributed by atoms with Crippen LogP contribution < -0.4 is 15.5 Å². The van der Waals surface area contributed by atoms with Crippen LogP contribution in [0.15, 0.2) is 59.5 Å². The number of urea groups is 1. The molecule has 1 saturated heterocycles. The van der Waals surface area contributed by atoms with E-state index in [1.165, 1.54) is 18.2 Å². The minimum Gasteiger partial charge on any atom is -0.377 e. The number of ether oxygens (including phenoxy) is 1. The van der Waals surface area contributed by atoms with Gasteiger partial charge in [-0.2, -0.15) is 10.6 Å². The van der Waals surface area contributed by atoms with Crippen LogP contribution in [0.25, 0.3) is 11.4 Å². The van der Waals surface area contributed by atoms with Crippen LogP contribution in [0.5, 0.6) is 0 Å². The van der Waals surface area contributed by atoms with E-state index in [2.05, 4.69) is 15.5 Å². The minimum absolute atomic E-state index is 0.0332. The van der Waals surface area contributed by atoms with Crippen molar-refractivity contribution >= 4 is 28.1 Å². The molecule has 2 fully saturated rings. The first kappa shape index (κ1) is 27.3. The van der Waals surface area contributed by atoms with Gasteiger partial charge in [0.1, 0.15) is 23.1 Å². The molecular formula is C27H31F2N5O4S. The Morgan fingerprint density at radius 3 is 2.59 bits per heavy atom. The van der Waals surface area contributed by atoms with E-state index in [9.17, 15) is 22.7 Å². The lowest BCUT2D eigenvalue weighted by Gasteiger charge is -2.41. The fraction of sp³-hybridized carbons (Fsp3) is 0.370. The summed E-state index contributed by atoms with van der Waals surface area (Å²) in [5.41, 5.74) is 1.59. The van der Waals surface area contributed by atoms with Crippen LogP contribution in [0.3, 0.4) is 0 Å². The summed E-state index contributed by atoms with van der Waals surface area (Å²) in [5, 5.41) is 5.04. The number of nitrogens with zero attached hydrogens (tertiary/aromatic N) is 3. The molecule has 208 valence electrons. The molecule has 9 nitrogen and oxygen atoms in total. The normalized spacial score (nSPS) is 18.9. The van der Waals surface area contributed by atoms with E-state index >= 15 is 0 Å². The summed E-state index contributed by atoms with van der Waals surface area (Å²) in [6.07, 6.45) is 0.879. The van der Waals surface area contributed by atoms with Crippen LogP contribution >= 0.6 is 10.6 Å². The molecule has 0 unspecified atom stereocenters. The molecule has 1 aliphatic carbocycles. The third kappa shape index (κ3) is 5.42. The van der Waals surface area contributed by atoms with E-state index in [0.717, 1.165) is 0 Å². The molecule has 1 atom stereocenters. The Morgan fingerprint density at radius 2 is 1.92 bits per heavy atom. The van der Waals surface area contributed by atoms with Gasteiger partial charge in [0.25, 0.3) is 0 Å². The molecule has 2 aliphatic rings. The average molecular weight is 560 g/mol. The van der Waals surface area contributed by atoms with Gasteiger partial charge < -0.3 is 20.3 Å². The number of carbonyl (C=O) groups is 1. The Hall–Kier alpha value is -3.32. The fourth-order valence-electron chi connectivity index (χ4n) is 4.74. The second-order valence-electron chi connectivity index (χ2n) is 9.67. The van der Waals surface area contributed by atoms with Crippen molar-refractivity contribution in [2.45, 2.75) is 35.4 Å². The van der Waals surface area contributed by atoms with Crippen molar-refractivity contribution in [1.82, 2.24) is 15.3 Å². The van der Waals surface area contributed by atoms with Crippen molar-refractivity contribution in [3.05, 3.63) is 66.1 Å². The van der Waals surface area contributed by atoms with Crippen molar-refractivity contribution in [2.24, 2.45) is 0 Å². The van der Waals surface area contributed by atoms with E-state index in [-0.39, 0.29) is 17.5 Å². The summed E-state index contributed by atoms with van der Waals surface area (Å²) in [4.78, 5) is 23.4. The van der Waals surface area contributed by atoms with E-state index in [4.69, 9.17) is 14.7 Å². The molecule has 2 aromatic carbocycles. The summed E-state index contributed by atoms with van der Waals surface area (Å²) in [6, 6.07) is 13.9. The van der Waals surface area contributed by atoms with Crippen LogP contribution in [0.1, 0.15) is 25.5 Å². The van der Waals surface area contributed by atoms with E-state index < -0.39 is 33.9 Å². The van der Waals surface area contributed by atoms with Crippen LogP contribution in [0, 0.1) is 5.82 Å². The fourth-order valence-corrected chi connectivity index (χ4v) is 6.83. The Kier molecular flexibility index (Phi) is 7.72. The Bertz CT molecular complexity index is 1340. The maximum atomic E-state index is 14.7. The quantitative estimate of drug-likeness (QED) is 0.292. The summed E-state index contributed by atoms with van der Waals surface area (Å²) in [5.74, 6) is 0.317. The maximum absolute atomic E-state index is 14.7. The highest BCUT2D eigenvalue weighted by molar-refractivity contribution is 8.25. The molecule has 1 saturated carbocycles. The molecule has 1 aromatic heterocycles. The second kappa shape index (κ2) is 11.0. The molecule has 2 heterocycles. The monoisotopic (exact) mass is 559 g/mol. The van der Waals surface area contributed by atoms with E-state index in [0.29, 0.717) is 61.2 Å². The van der Waals surface area contributed by atoms with Crippen molar-refractivity contribution in [3.63, 3.8) is 0 Å². The molecule has 5 rings (SSSR count). The number of nitrogens with one attached hydrogen (secondary N) is 2. The zero-order valence-electron chi connectivity index (χ0n) is 21.4. The predicted molar refractivity (Wildman–Crippen MR) is 147 cm³/mol. The summed E-state index contributed by atoms with van der Waals surface area (Å²) in [6.45, 7) is 2.93. The van der Waals surface area contributed by atoms with Crippen molar-refractivity contribution in [3.8, 4) is 11.4 Å². The number of rotatable bonds is 8. The molecule has 3 aromatic rings. The Balaban J connectivity index is 1.53. The number of alkyl halides is 1. The van der Waals surface area contributed by atoms with E-state index in [1.807, 2.05) is 6.92 Å². The van der Waals surface area contributed by atoms with E-state index in [1.54, 1.807) is 36.4 Å². The molecule has 0 spiro atoms. The zero-order chi connectivity index (χ0) is 27.6. The predicted octanol–water partition coefficient (Wildman–Crippen LogP) is 5.40. The number of benzene rings is 2. The van der Waals surface area contributed by atoms with Gasteiger partial charge in [-0.25, -0.2) is 23.5 Å². The van der Waals surface area contributed by atoms with Gasteiger partial charge in [-0.05, 0) is 56.2 Å². The number of aromatic nitrogens is 2. The van der Waals surface area contributed by atoms with Crippen molar-refractivity contribution in [2.75, 3.05) is 43.2 Å². The maximum Gasteiger partial charge on any atom is 0.319 e. The zero-order valence-corrected chi connectivity index (χ0v) is 22.3. The lowest BCUT2D eigenvalue weighted by atomic mass is 10.1. The molecule has 1 aliphatic heterocycles. The number of carbonyl (C=O) groups excluding carboxylic acids is 1. The molecule has 39 heavy (non-hydrogen) atoms. The van der Waals surface area contributed by atoms with Crippen molar-refractivity contribution in [1.29, 1.82) is 0 Å². The third-order valence-electron chi connectivity index (χ3n) is 7.01. The van der Waals surface area contributed by atoms with Crippen LogP contribution in [0.4, 0.5) is 25.1 Å². The Morgan fingerprint density at radius 1 is 1.18 bits per heavy atom. The number of hydrogen-bond donors (Lipinski definition) is 4. The SMILES string of the molecule is C[C@H]1COCCN1c1cc(C2(S(O)(O)c3ccccc3F)CC2)nc(-c2ccc(NC(=O)NCCF)cc2)n1. The van der Waals surface area contributed by atoms with Gasteiger partial charge in [-0.15, -0.1) is 0 Å². The molecule has 2 amide bonds. The molecule has 0 radical (unpaired) electrons. The first-order valence-corrected chi connectivity index (χ1v) is 14.3. The lowest BCUT2D eigenvalue weighted by molar-refractivity contribution is 0.0985. The summed E-state index contributed by atoms with van der Waals surface area (Å²) >= 11 is 0. The molecule has 4 N–H and O–H groups in total. The summed E-state index contributed by atoms with van der Waals surface area (Å²) in [7, 11) is -3.59. The highest BCUT2D eigenvalue weighted by Crippen LogP contribution is 2.75. The first-order valence-electron chi connectivity index (χ1n) is 12.7. The highest BCUT2D eigenvalue weighted by atomic mass is 32.3. The second-order valence-corrected chi connectivity index (χ2v) is 12.0. The van der Waals surface area contributed by atoms with Crippen LogP contribution in [-0.4, -0.2) is 64.1 Å². The minimum atomic E-state index is -3.59. The number of morpholine rings is 1. The van der Waals surface area contributed by atoms with Gasteiger partial charge in [-0.1, -0.05) is 12.1 Å². The standard InChI is InChI=1S/C27H31F2N5O4S/c1-18-17-38-15-14-34(18)24-16-23(27(10-11-27)39(36,37)22-5-3-2-4-21(22)29)32-25(33-24)19-6-8-20(9-7-19)31-26(35)30-13-12-28/h2-9,16,18,36-37H,10-15,17H2,1H3,(H2,30,31,35)/t18-/m0/s1. The number of amides is 2. The molecular weight excluding hydrogens is 528 g/mol. The van der Waals surface area contributed by atoms with Gasteiger partial charge in [0.2, 0.25) is 0 Å². The van der Waals surface area contributed by atoms with Crippen LogP contribution in [-0.2, 0) is 9.48 Å². The largest absolute Gasteiger partial charge is 0.377 e. The lowest BCUT2D eigenvalue weighted by Crippen LogP contribution is -2.44. The highest BCUT2D eigenvalue weighted by Gasteiger charge is 2.58. The molecule has 12 heteroatoms. The van der Waals surface area contributed by atoms with Gasteiger partial charge in [0.05, 0.1) is 29.8 Å². The number of hydrogen-bond acceptors (Lipinski definition) is 7. The van der Waals surface area contributed by atoms with Crippen LogP contribution in [0.2, 0.25) is 0 Å². The molecule has 0 bridgehead atoms. The number of halogens is 2. The smallest absolute Gasteiger partial charge is 0.319 e.